The molecule has 0 aromatic rings. The van der Waals surface area contributed by atoms with E-state index < -0.39 is 0 Å². The molecule has 1 saturated carbocycles. The molecule has 1 saturated heterocycles. The Balaban J connectivity index is 1.82. The topological polar surface area (TPSA) is 32.3 Å². The minimum Gasteiger partial charge on any atom is -0.355 e. The monoisotopic (exact) mass is 182 g/mol. The van der Waals surface area contributed by atoms with Crippen LogP contribution < -0.4 is 5.32 Å². The molecule has 0 bridgehead atoms. The molecule has 3 heteroatoms. The van der Waals surface area contributed by atoms with Crippen LogP contribution in [0, 0.1) is 5.41 Å². The summed E-state index contributed by atoms with van der Waals surface area (Å²) in [5.41, 5.74) is 0.577. The first-order valence-corrected chi connectivity index (χ1v) is 5.17. The number of nitrogens with one attached hydrogen (secondary N) is 1. The van der Waals surface area contributed by atoms with Gasteiger partial charge >= 0.3 is 0 Å². The smallest absolute Gasteiger partial charge is 0.221 e. The predicted molar refractivity (Wildman–Crippen MR) is 51.4 cm³/mol. The summed E-state index contributed by atoms with van der Waals surface area (Å²) in [7, 11) is 0. The van der Waals surface area contributed by atoms with Gasteiger partial charge in [0.15, 0.2) is 0 Å². The Hall–Kier alpha value is -0.570. The molecule has 1 amide bonds. The van der Waals surface area contributed by atoms with Crippen molar-refractivity contribution in [3.8, 4) is 0 Å². The number of carbonyl (C=O) groups excluding carboxylic acids is 1. The zero-order valence-corrected chi connectivity index (χ0v) is 8.31. The number of amides is 1. The lowest BCUT2D eigenvalue weighted by atomic mass is 10.1. The first-order valence-electron chi connectivity index (χ1n) is 5.17. The average Bonchev–Trinajstić information content (AvgIpc) is 2.81. The van der Waals surface area contributed by atoms with Crippen LogP contribution >= 0.6 is 0 Å². The van der Waals surface area contributed by atoms with Crippen molar-refractivity contribution in [2.45, 2.75) is 26.2 Å². The molecule has 3 nitrogen and oxygen atoms in total. The Kier molecular flexibility index (Phi) is 2.28. The SMILES string of the molecule is CC1(CN2CCNC(=O)CC2)CC1. The van der Waals surface area contributed by atoms with Gasteiger partial charge < -0.3 is 10.2 Å². The molecule has 2 fully saturated rings. The van der Waals surface area contributed by atoms with Crippen LogP contribution in [0.2, 0.25) is 0 Å². The van der Waals surface area contributed by atoms with Crippen LogP contribution in [0.3, 0.4) is 0 Å². The third-order valence-corrected chi connectivity index (χ3v) is 3.11. The van der Waals surface area contributed by atoms with E-state index in [-0.39, 0.29) is 5.91 Å². The Morgan fingerprint density at radius 2 is 2.23 bits per heavy atom. The molecule has 2 aliphatic rings. The number of hydrogen-bond donors (Lipinski definition) is 1. The van der Waals surface area contributed by atoms with Gasteiger partial charge in [0.05, 0.1) is 0 Å². The maximum atomic E-state index is 11.1. The molecule has 0 radical (unpaired) electrons. The Labute approximate surface area is 79.5 Å². The van der Waals surface area contributed by atoms with Crippen molar-refractivity contribution in [1.29, 1.82) is 0 Å². The summed E-state index contributed by atoms with van der Waals surface area (Å²) in [6, 6.07) is 0. The summed E-state index contributed by atoms with van der Waals surface area (Å²) in [6.45, 7) is 6.33. The number of hydrogen-bond acceptors (Lipinski definition) is 2. The summed E-state index contributed by atoms with van der Waals surface area (Å²) >= 11 is 0. The van der Waals surface area contributed by atoms with Crippen molar-refractivity contribution in [1.82, 2.24) is 10.2 Å². The van der Waals surface area contributed by atoms with Crippen molar-refractivity contribution >= 4 is 5.91 Å². The van der Waals surface area contributed by atoms with Gasteiger partial charge in [0, 0.05) is 32.6 Å². The standard InChI is InChI=1S/C10H18N2O/c1-10(3-4-10)8-12-6-2-9(13)11-5-7-12/h2-8H2,1H3,(H,11,13). The fraction of sp³-hybridized carbons (Fsp3) is 0.900. The van der Waals surface area contributed by atoms with E-state index in [4.69, 9.17) is 0 Å². The van der Waals surface area contributed by atoms with Crippen LogP contribution in [-0.4, -0.2) is 37.0 Å². The van der Waals surface area contributed by atoms with Gasteiger partial charge in [-0.1, -0.05) is 6.92 Å². The van der Waals surface area contributed by atoms with Gasteiger partial charge in [-0.25, -0.2) is 0 Å². The number of nitrogens with zero attached hydrogens (tertiary/aromatic N) is 1. The maximum Gasteiger partial charge on any atom is 0.221 e. The summed E-state index contributed by atoms with van der Waals surface area (Å²) in [4.78, 5) is 13.5. The molecule has 1 N–H and O–H groups in total. The van der Waals surface area contributed by atoms with Crippen LogP contribution in [0.15, 0.2) is 0 Å². The van der Waals surface area contributed by atoms with E-state index in [2.05, 4.69) is 17.1 Å². The maximum absolute atomic E-state index is 11.1. The molecular weight excluding hydrogens is 164 g/mol. The molecule has 1 heterocycles. The van der Waals surface area contributed by atoms with Gasteiger partial charge in [0.2, 0.25) is 5.91 Å². The summed E-state index contributed by atoms with van der Waals surface area (Å²) in [6.07, 6.45) is 3.41. The van der Waals surface area contributed by atoms with E-state index in [1.54, 1.807) is 0 Å². The van der Waals surface area contributed by atoms with E-state index in [1.165, 1.54) is 19.4 Å². The van der Waals surface area contributed by atoms with Crippen LogP contribution in [0.5, 0.6) is 0 Å². The lowest BCUT2D eigenvalue weighted by molar-refractivity contribution is -0.120. The quantitative estimate of drug-likeness (QED) is 0.678. The molecule has 1 aliphatic heterocycles. The molecular formula is C10H18N2O. The van der Waals surface area contributed by atoms with Gasteiger partial charge in [-0.2, -0.15) is 0 Å². The van der Waals surface area contributed by atoms with E-state index in [9.17, 15) is 4.79 Å². The van der Waals surface area contributed by atoms with Crippen molar-refractivity contribution in [2.24, 2.45) is 5.41 Å². The molecule has 0 unspecified atom stereocenters. The molecule has 1 aliphatic carbocycles. The molecule has 13 heavy (non-hydrogen) atoms. The lowest BCUT2D eigenvalue weighted by Crippen LogP contribution is -2.32. The summed E-state index contributed by atoms with van der Waals surface area (Å²) < 4.78 is 0. The van der Waals surface area contributed by atoms with Crippen molar-refractivity contribution in [3.63, 3.8) is 0 Å². The second-order valence-electron chi connectivity index (χ2n) is 4.69. The average molecular weight is 182 g/mol. The van der Waals surface area contributed by atoms with Crippen LogP contribution in [0.4, 0.5) is 0 Å². The van der Waals surface area contributed by atoms with E-state index >= 15 is 0 Å². The third-order valence-electron chi connectivity index (χ3n) is 3.11. The minimum absolute atomic E-state index is 0.212. The zero-order chi connectivity index (χ0) is 9.31. The number of carbonyl (C=O) groups is 1. The van der Waals surface area contributed by atoms with Gasteiger partial charge in [0.25, 0.3) is 0 Å². The molecule has 2 rings (SSSR count). The minimum atomic E-state index is 0.212. The molecule has 74 valence electrons. The first kappa shape index (κ1) is 9.00. The summed E-state index contributed by atoms with van der Waals surface area (Å²) in [5, 5.41) is 2.90. The Morgan fingerprint density at radius 3 is 2.92 bits per heavy atom. The molecule has 0 atom stereocenters. The highest BCUT2D eigenvalue weighted by atomic mass is 16.1. The first-order chi connectivity index (χ1) is 6.18. The second-order valence-corrected chi connectivity index (χ2v) is 4.69. The van der Waals surface area contributed by atoms with E-state index in [0.717, 1.165) is 19.6 Å². The van der Waals surface area contributed by atoms with Crippen LogP contribution in [0.1, 0.15) is 26.2 Å². The van der Waals surface area contributed by atoms with E-state index in [0.29, 0.717) is 11.8 Å². The second kappa shape index (κ2) is 3.29. The van der Waals surface area contributed by atoms with Gasteiger partial charge in [-0.15, -0.1) is 0 Å². The predicted octanol–water partition coefficient (Wildman–Crippen LogP) is 0.608. The fourth-order valence-corrected chi connectivity index (χ4v) is 1.88. The fourth-order valence-electron chi connectivity index (χ4n) is 1.88. The van der Waals surface area contributed by atoms with Crippen molar-refractivity contribution in [2.75, 3.05) is 26.2 Å². The Morgan fingerprint density at radius 1 is 1.46 bits per heavy atom. The van der Waals surface area contributed by atoms with Crippen molar-refractivity contribution < 1.29 is 4.79 Å². The molecule has 0 spiro atoms. The highest BCUT2D eigenvalue weighted by Gasteiger charge is 2.38. The van der Waals surface area contributed by atoms with Gasteiger partial charge in [0.1, 0.15) is 0 Å². The van der Waals surface area contributed by atoms with Crippen LogP contribution in [-0.2, 0) is 4.79 Å². The highest BCUT2D eigenvalue weighted by molar-refractivity contribution is 5.76. The number of rotatable bonds is 2. The lowest BCUT2D eigenvalue weighted by Gasteiger charge is -2.22. The van der Waals surface area contributed by atoms with E-state index in [1.807, 2.05) is 0 Å². The van der Waals surface area contributed by atoms with Crippen LogP contribution in [0.25, 0.3) is 0 Å². The zero-order valence-electron chi connectivity index (χ0n) is 8.31. The highest BCUT2D eigenvalue weighted by Crippen LogP contribution is 2.45. The van der Waals surface area contributed by atoms with Crippen molar-refractivity contribution in [3.05, 3.63) is 0 Å². The van der Waals surface area contributed by atoms with Gasteiger partial charge in [-0.3, -0.25) is 4.79 Å². The summed E-state index contributed by atoms with van der Waals surface area (Å²) in [5.74, 6) is 0.212. The normalized spacial score (nSPS) is 27.9. The molecule has 0 aromatic heterocycles. The largest absolute Gasteiger partial charge is 0.355 e. The third kappa shape index (κ3) is 2.44. The van der Waals surface area contributed by atoms with Gasteiger partial charge in [-0.05, 0) is 18.3 Å². The Bertz CT molecular complexity index is 211. The molecule has 0 aromatic carbocycles.